The van der Waals surface area contributed by atoms with Crippen molar-refractivity contribution in [1.82, 2.24) is 24.7 Å². The quantitative estimate of drug-likeness (QED) is 0.559. The van der Waals surface area contributed by atoms with E-state index >= 15 is 0 Å². The number of nitrogens with one attached hydrogen (secondary N) is 1. The van der Waals surface area contributed by atoms with Crippen molar-refractivity contribution in [3.63, 3.8) is 0 Å². The van der Waals surface area contributed by atoms with Crippen LogP contribution in [0.2, 0.25) is 5.02 Å². The molecule has 1 aromatic carbocycles. The molecule has 0 saturated carbocycles. The Morgan fingerprint density at radius 1 is 1.19 bits per heavy atom. The van der Waals surface area contributed by atoms with Crippen molar-refractivity contribution in [2.75, 3.05) is 5.43 Å². The van der Waals surface area contributed by atoms with Crippen molar-refractivity contribution in [3.05, 3.63) is 47.7 Å². The first-order valence-electron chi connectivity index (χ1n) is 5.91. The molecule has 2 aromatic heterocycles. The SMILES string of the molecule is NNc1nc(Oc2cccc(Cl)c2)nc(-n2cccn2)n1. The molecule has 0 aliphatic heterocycles. The van der Waals surface area contributed by atoms with E-state index < -0.39 is 0 Å². The summed E-state index contributed by atoms with van der Waals surface area (Å²) in [5, 5.41) is 4.59. The highest BCUT2D eigenvalue weighted by Gasteiger charge is 2.10. The van der Waals surface area contributed by atoms with E-state index in [-0.39, 0.29) is 17.9 Å². The number of nitrogens with two attached hydrogens (primary N) is 1. The van der Waals surface area contributed by atoms with Crippen LogP contribution in [0.3, 0.4) is 0 Å². The number of nitrogen functional groups attached to an aromatic ring is 1. The molecule has 0 bridgehead atoms. The number of aromatic nitrogens is 5. The Labute approximate surface area is 124 Å². The molecule has 0 aliphatic carbocycles. The number of halogens is 1. The monoisotopic (exact) mass is 303 g/mol. The van der Waals surface area contributed by atoms with E-state index in [2.05, 4.69) is 25.5 Å². The van der Waals surface area contributed by atoms with Crippen LogP contribution in [0, 0.1) is 0 Å². The highest BCUT2D eigenvalue weighted by atomic mass is 35.5. The summed E-state index contributed by atoms with van der Waals surface area (Å²) in [4.78, 5) is 12.3. The Bertz CT molecular complexity index is 747. The third kappa shape index (κ3) is 3.07. The minimum atomic E-state index is 0.0747. The van der Waals surface area contributed by atoms with Crippen molar-refractivity contribution in [2.45, 2.75) is 0 Å². The van der Waals surface area contributed by atoms with E-state index in [0.717, 1.165) is 0 Å². The van der Waals surface area contributed by atoms with Crippen LogP contribution in [-0.2, 0) is 0 Å². The zero-order valence-corrected chi connectivity index (χ0v) is 11.4. The van der Waals surface area contributed by atoms with Crippen molar-refractivity contribution in [1.29, 1.82) is 0 Å². The molecule has 0 unspecified atom stereocenters. The van der Waals surface area contributed by atoms with Crippen molar-refractivity contribution < 1.29 is 4.74 Å². The Morgan fingerprint density at radius 3 is 2.81 bits per heavy atom. The molecular weight excluding hydrogens is 294 g/mol. The first-order valence-corrected chi connectivity index (χ1v) is 6.28. The largest absolute Gasteiger partial charge is 0.424 e. The van der Waals surface area contributed by atoms with Crippen LogP contribution in [-0.4, -0.2) is 24.7 Å². The summed E-state index contributed by atoms with van der Waals surface area (Å²) in [7, 11) is 0. The predicted molar refractivity (Wildman–Crippen MR) is 76.3 cm³/mol. The Hall–Kier alpha value is -2.71. The molecule has 0 amide bonds. The Morgan fingerprint density at radius 2 is 2.10 bits per heavy atom. The third-order valence-electron chi connectivity index (χ3n) is 2.45. The number of ether oxygens (including phenoxy) is 1. The summed E-state index contributed by atoms with van der Waals surface area (Å²) >= 11 is 5.90. The predicted octanol–water partition coefficient (Wildman–Crippen LogP) is 1.79. The van der Waals surface area contributed by atoms with Gasteiger partial charge in [-0.3, -0.25) is 5.43 Å². The number of hydrogen-bond donors (Lipinski definition) is 2. The highest BCUT2D eigenvalue weighted by molar-refractivity contribution is 6.30. The normalized spacial score (nSPS) is 10.4. The number of anilines is 1. The van der Waals surface area contributed by atoms with Crippen LogP contribution < -0.4 is 16.0 Å². The molecular formula is C12H10ClN7O. The lowest BCUT2D eigenvalue weighted by molar-refractivity contribution is 0.438. The second kappa shape index (κ2) is 5.73. The third-order valence-corrected chi connectivity index (χ3v) is 2.68. The van der Waals surface area contributed by atoms with Crippen molar-refractivity contribution in [3.8, 4) is 17.7 Å². The molecule has 0 radical (unpaired) electrons. The van der Waals surface area contributed by atoms with E-state index in [1.54, 1.807) is 42.7 Å². The van der Waals surface area contributed by atoms with Gasteiger partial charge in [0, 0.05) is 17.4 Å². The van der Waals surface area contributed by atoms with Gasteiger partial charge in [0.2, 0.25) is 5.95 Å². The van der Waals surface area contributed by atoms with Gasteiger partial charge in [0.1, 0.15) is 5.75 Å². The maximum Gasteiger partial charge on any atom is 0.328 e. The lowest BCUT2D eigenvalue weighted by atomic mass is 10.3. The molecule has 8 nitrogen and oxygen atoms in total. The number of nitrogens with zero attached hydrogens (tertiary/aromatic N) is 5. The molecule has 2 heterocycles. The number of hydrazine groups is 1. The van der Waals surface area contributed by atoms with Crippen LogP contribution in [0.15, 0.2) is 42.7 Å². The van der Waals surface area contributed by atoms with Gasteiger partial charge in [-0.2, -0.15) is 20.1 Å². The summed E-state index contributed by atoms with van der Waals surface area (Å²) in [5.74, 6) is 6.29. The van der Waals surface area contributed by atoms with Crippen molar-refractivity contribution >= 4 is 17.5 Å². The summed E-state index contributed by atoms with van der Waals surface area (Å²) < 4.78 is 7.02. The molecule has 106 valence electrons. The van der Waals surface area contributed by atoms with E-state index in [1.807, 2.05) is 0 Å². The highest BCUT2D eigenvalue weighted by Crippen LogP contribution is 2.22. The molecule has 0 saturated heterocycles. The second-order valence-corrected chi connectivity index (χ2v) is 4.33. The lowest BCUT2D eigenvalue weighted by Crippen LogP contribution is -2.14. The molecule has 3 N–H and O–H groups in total. The molecule has 0 spiro atoms. The van der Waals surface area contributed by atoms with Crippen LogP contribution in [0.5, 0.6) is 11.8 Å². The van der Waals surface area contributed by atoms with E-state index in [0.29, 0.717) is 10.8 Å². The Balaban J connectivity index is 1.96. The van der Waals surface area contributed by atoms with E-state index in [1.165, 1.54) is 4.68 Å². The van der Waals surface area contributed by atoms with Crippen LogP contribution in [0.1, 0.15) is 0 Å². The fourth-order valence-electron chi connectivity index (χ4n) is 1.58. The molecule has 9 heteroatoms. The fourth-order valence-corrected chi connectivity index (χ4v) is 1.76. The van der Waals surface area contributed by atoms with Crippen LogP contribution in [0.4, 0.5) is 5.95 Å². The topological polar surface area (TPSA) is 104 Å². The van der Waals surface area contributed by atoms with Gasteiger partial charge in [0.25, 0.3) is 5.95 Å². The zero-order chi connectivity index (χ0) is 14.7. The number of rotatable bonds is 4. The second-order valence-electron chi connectivity index (χ2n) is 3.90. The first-order chi connectivity index (χ1) is 10.2. The van der Waals surface area contributed by atoms with Gasteiger partial charge in [-0.1, -0.05) is 17.7 Å². The molecule has 21 heavy (non-hydrogen) atoms. The van der Waals surface area contributed by atoms with Gasteiger partial charge in [-0.05, 0) is 24.3 Å². The van der Waals surface area contributed by atoms with E-state index in [9.17, 15) is 0 Å². The summed E-state index contributed by atoms with van der Waals surface area (Å²) in [6.07, 6.45) is 3.30. The first kappa shape index (κ1) is 13.3. The number of hydrogen-bond acceptors (Lipinski definition) is 7. The smallest absolute Gasteiger partial charge is 0.328 e. The maximum absolute atomic E-state index is 5.90. The molecule has 3 rings (SSSR count). The zero-order valence-electron chi connectivity index (χ0n) is 10.6. The van der Waals surface area contributed by atoms with Crippen LogP contribution in [0.25, 0.3) is 5.95 Å². The Kier molecular flexibility index (Phi) is 3.63. The summed E-state index contributed by atoms with van der Waals surface area (Å²) in [6, 6.07) is 8.70. The fraction of sp³-hybridized carbons (Fsp3) is 0. The molecule has 3 aromatic rings. The van der Waals surface area contributed by atoms with Crippen LogP contribution >= 0.6 is 11.6 Å². The van der Waals surface area contributed by atoms with Gasteiger partial charge < -0.3 is 4.74 Å². The minimum Gasteiger partial charge on any atom is -0.424 e. The van der Waals surface area contributed by atoms with Gasteiger partial charge in [-0.25, -0.2) is 10.5 Å². The van der Waals surface area contributed by atoms with Gasteiger partial charge >= 0.3 is 6.01 Å². The van der Waals surface area contributed by atoms with E-state index in [4.69, 9.17) is 22.2 Å². The number of benzene rings is 1. The average Bonchev–Trinajstić information content (AvgIpc) is 3.01. The lowest BCUT2D eigenvalue weighted by Gasteiger charge is -2.07. The standard InChI is InChI=1S/C12H10ClN7O/c13-8-3-1-4-9(7-8)21-12-17-10(19-14)16-11(18-12)20-6-2-5-15-20/h1-7H,14H2,(H,16,17,18,19). The van der Waals surface area contributed by atoms with Crippen molar-refractivity contribution in [2.24, 2.45) is 5.84 Å². The molecule has 0 fully saturated rings. The van der Waals surface area contributed by atoms with Gasteiger partial charge in [0.15, 0.2) is 0 Å². The van der Waals surface area contributed by atoms with Gasteiger partial charge in [0.05, 0.1) is 0 Å². The molecule has 0 atom stereocenters. The molecule has 0 aliphatic rings. The summed E-state index contributed by atoms with van der Waals surface area (Å²) in [5.41, 5.74) is 2.36. The van der Waals surface area contributed by atoms with Gasteiger partial charge in [-0.15, -0.1) is 0 Å². The summed E-state index contributed by atoms with van der Waals surface area (Å²) in [6.45, 7) is 0. The maximum atomic E-state index is 5.90. The minimum absolute atomic E-state index is 0.0747. The average molecular weight is 304 g/mol.